The van der Waals surface area contributed by atoms with Gasteiger partial charge in [-0.3, -0.25) is 14.9 Å². The highest BCUT2D eigenvalue weighted by molar-refractivity contribution is 6.04. The van der Waals surface area contributed by atoms with Gasteiger partial charge >= 0.3 is 0 Å². The van der Waals surface area contributed by atoms with Crippen LogP contribution in [0.25, 0.3) is 0 Å². The minimum atomic E-state index is -0.773. The van der Waals surface area contributed by atoms with Crippen LogP contribution in [0.2, 0.25) is 0 Å². The van der Waals surface area contributed by atoms with Gasteiger partial charge in [0.25, 0.3) is 5.69 Å². The second-order valence-corrected chi connectivity index (χ2v) is 3.13. The van der Waals surface area contributed by atoms with Gasteiger partial charge in [-0.1, -0.05) is 12.1 Å². The maximum absolute atomic E-state index is 11.3. The summed E-state index contributed by atoms with van der Waals surface area (Å²) in [4.78, 5) is 21.1. The lowest BCUT2D eigenvalue weighted by Crippen LogP contribution is -2.04. The van der Waals surface area contributed by atoms with Crippen LogP contribution in [0.15, 0.2) is 12.1 Å². The molecule has 1 aliphatic carbocycles. The van der Waals surface area contributed by atoms with Gasteiger partial charge in [0.05, 0.1) is 10.5 Å². The summed E-state index contributed by atoms with van der Waals surface area (Å²) in [5, 5.41) is 21.8. The Morgan fingerprint density at radius 1 is 1.29 bits per heavy atom. The lowest BCUT2D eigenvalue weighted by atomic mass is 10.1. The van der Waals surface area contributed by atoms with Crippen LogP contribution in [0.1, 0.15) is 22.3 Å². The molecule has 0 aliphatic heterocycles. The van der Waals surface area contributed by atoms with Crippen molar-refractivity contribution in [2.75, 3.05) is 0 Å². The summed E-state index contributed by atoms with van der Waals surface area (Å²) < 4.78 is 0. The Morgan fingerprint density at radius 2 is 2.00 bits per heavy atom. The Bertz CT molecular complexity index is 439. The minimum absolute atomic E-state index is 0.0162. The van der Waals surface area contributed by atoms with Crippen LogP contribution in [0.3, 0.4) is 0 Å². The highest BCUT2D eigenvalue weighted by Crippen LogP contribution is 2.35. The largest absolute Gasteiger partial charge is 0.868 e. The molecule has 1 aromatic carbocycles. The molecule has 0 N–H and O–H groups in total. The number of Topliss-reactive ketones (excluding diaryl/α,β-unsaturated/α-hetero) is 1. The van der Waals surface area contributed by atoms with Crippen molar-refractivity contribution in [3.63, 3.8) is 0 Å². The third-order valence-electron chi connectivity index (χ3n) is 2.31. The summed E-state index contributed by atoms with van der Waals surface area (Å²) in [5.74, 6) is -0.992. The Morgan fingerprint density at radius 3 is 2.64 bits per heavy atom. The SMILES string of the molecule is O=C1CCc2ccc([O-])c([N+](=O)[O-])c21. The Kier molecular flexibility index (Phi) is 1.73. The van der Waals surface area contributed by atoms with E-state index in [9.17, 15) is 20.0 Å². The van der Waals surface area contributed by atoms with Crippen LogP contribution in [0, 0.1) is 10.1 Å². The number of carbonyl (C=O) groups is 1. The molecular weight excluding hydrogens is 186 g/mol. The first-order valence-electron chi connectivity index (χ1n) is 4.11. The summed E-state index contributed by atoms with van der Waals surface area (Å²) in [7, 11) is 0. The third-order valence-corrected chi connectivity index (χ3v) is 2.31. The van der Waals surface area contributed by atoms with E-state index < -0.39 is 16.4 Å². The van der Waals surface area contributed by atoms with E-state index in [0.717, 1.165) is 6.07 Å². The van der Waals surface area contributed by atoms with Gasteiger partial charge < -0.3 is 5.11 Å². The molecule has 72 valence electrons. The number of fused-ring (bicyclic) bond motifs is 1. The van der Waals surface area contributed by atoms with E-state index in [1.54, 1.807) is 0 Å². The molecule has 0 atom stereocenters. The van der Waals surface area contributed by atoms with Crippen LogP contribution < -0.4 is 5.11 Å². The smallest absolute Gasteiger partial charge is 0.272 e. The van der Waals surface area contributed by atoms with Gasteiger partial charge in [-0.2, -0.15) is 0 Å². The first kappa shape index (κ1) is 8.68. The molecule has 0 aromatic heterocycles. The van der Waals surface area contributed by atoms with Crippen molar-refractivity contribution in [2.45, 2.75) is 12.8 Å². The summed E-state index contributed by atoms with van der Waals surface area (Å²) in [5.41, 5.74) is 0.0637. The number of ketones is 1. The van der Waals surface area contributed by atoms with Gasteiger partial charge in [0.15, 0.2) is 5.78 Å². The third kappa shape index (κ3) is 1.06. The molecule has 2 rings (SSSR count). The van der Waals surface area contributed by atoms with Crippen molar-refractivity contribution >= 4 is 11.5 Å². The summed E-state index contributed by atoms with van der Waals surface area (Å²) in [6.45, 7) is 0. The summed E-state index contributed by atoms with van der Waals surface area (Å²) in [6.07, 6.45) is 0.759. The molecule has 0 saturated heterocycles. The van der Waals surface area contributed by atoms with Crippen molar-refractivity contribution in [3.8, 4) is 5.75 Å². The van der Waals surface area contributed by atoms with Gasteiger partial charge in [0.1, 0.15) is 0 Å². The molecule has 0 amide bonds. The monoisotopic (exact) mass is 192 g/mol. The standard InChI is InChI=1S/C9H7NO4/c11-6-3-1-5-2-4-7(12)9(8(5)6)10(13)14/h2,4,12H,1,3H2/p-1. The van der Waals surface area contributed by atoms with E-state index in [0.29, 0.717) is 12.0 Å². The van der Waals surface area contributed by atoms with Crippen LogP contribution in [-0.2, 0) is 6.42 Å². The zero-order valence-electron chi connectivity index (χ0n) is 7.15. The van der Waals surface area contributed by atoms with E-state index in [-0.39, 0.29) is 17.8 Å². The maximum atomic E-state index is 11.3. The van der Waals surface area contributed by atoms with E-state index in [4.69, 9.17) is 0 Å². The normalized spacial score (nSPS) is 14.1. The fourth-order valence-corrected chi connectivity index (χ4v) is 1.69. The molecule has 0 bridgehead atoms. The predicted octanol–water partition coefficient (Wildman–Crippen LogP) is 0.797. The lowest BCUT2D eigenvalue weighted by Gasteiger charge is -2.08. The highest BCUT2D eigenvalue weighted by Gasteiger charge is 2.28. The number of nitro benzene ring substituents is 1. The zero-order valence-corrected chi connectivity index (χ0v) is 7.15. The van der Waals surface area contributed by atoms with Crippen molar-refractivity contribution in [1.29, 1.82) is 0 Å². The molecule has 1 aromatic rings. The summed E-state index contributed by atoms with van der Waals surface area (Å²) in [6, 6.07) is 2.64. The molecule has 5 nitrogen and oxygen atoms in total. The first-order chi connectivity index (χ1) is 6.61. The van der Waals surface area contributed by atoms with E-state index in [1.165, 1.54) is 6.07 Å². The average Bonchev–Trinajstić information content (AvgIpc) is 2.47. The van der Waals surface area contributed by atoms with Gasteiger partial charge in [-0.05, 0) is 17.7 Å². The number of nitrogens with zero attached hydrogens (tertiary/aromatic N) is 1. The number of nitro groups is 1. The minimum Gasteiger partial charge on any atom is -0.868 e. The van der Waals surface area contributed by atoms with Crippen LogP contribution in [0.4, 0.5) is 5.69 Å². The van der Waals surface area contributed by atoms with E-state index in [2.05, 4.69) is 0 Å². The number of hydrogen-bond acceptors (Lipinski definition) is 4. The van der Waals surface area contributed by atoms with Gasteiger partial charge in [0.2, 0.25) is 0 Å². The molecule has 14 heavy (non-hydrogen) atoms. The number of rotatable bonds is 1. The number of hydrogen-bond donors (Lipinski definition) is 0. The van der Waals surface area contributed by atoms with Crippen molar-refractivity contribution in [1.82, 2.24) is 0 Å². The highest BCUT2D eigenvalue weighted by atomic mass is 16.6. The fourth-order valence-electron chi connectivity index (χ4n) is 1.69. The van der Waals surface area contributed by atoms with E-state index >= 15 is 0 Å². The van der Waals surface area contributed by atoms with Gasteiger partial charge in [-0.15, -0.1) is 0 Å². The maximum Gasteiger partial charge on any atom is 0.272 e. The van der Waals surface area contributed by atoms with Crippen LogP contribution in [0.5, 0.6) is 5.75 Å². The Balaban J connectivity index is 2.74. The van der Waals surface area contributed by atoms with Crippen molar-refractivity contribution < 1.29 is 14.8 Å². The topological polar surface area (TPSA) is 83.3 Å². The van der Waals surface area contributed by atoms with Gasteiger partial charge in [-0.25, -0.2) is 0 Å². The number of aryl methyl sites for hydroxylation is 1. The number of benzene rings is 1. The summed E-state index contributed by atoms with van der Waals surface area (Å²) >= 11 is 0. The van der Waals surface area contributed by atoms with E-state index in [1.807, 2.05) is 0 Å². The molecule has 0 radical (unpaired) electrons. The molecule has 5 heteroatoms. The Labute approximate surface area is 79.1 Å². The quantitative estimate of drug-likeness (QED) is 0.486. The fraction of sp³-hybridized carbons (Fsp3) is 0.222. The second kappa shape index (κ2) is 2.80. The van der Waals surface area contributed by atoms with Crippen LogP contribution in [-0.4, -0.2) is 10.7 Å². The molecule has 0 saturated carbocycles. The Hall–Kier alpha value is -1.91. The first-order valence-corrected chi connectivity index (χ1v) is 4.11. The molecule has 0 spiro atoms. The zero-order chi connectivity index (χ0) is 10.3. The lowest BCUT2D eigenvalue weighted by molar-refractivity contribution is -0.398. The van der Waals surface area contributed by atoms with Crippen molar-refractivity contribution in [2.24, 2.45) is 0 Å². The average molecular weight is 192 g/mol. The number of carbonyl (C=O) groups excluding carboxylic acids is 1. The molecule has 0 fully saturated rings. The molecule has 0 unspecified atom stereocenters. The van der Waals surface area contributed by atoms with Crippen LogP contribution >= 0.6 is 0 Å². The molecule has 0 heterocycles. The van der Waals surface area contributed by atoms with Gasteiger partial charge in [0, 0.05) is 6.42 Å². The van der Waals surface area contributed by atoms with Crippen molar-refractivity contribution in [3.05, 3.63) is 33.4 Å². The molecular formula is C9H6NO4-. The second-order valence-electron chi connectivity index (χ2n) is 3.13. The predicted molar refractivity (Wildman–Crippen MR) is 45.2 cm³/mol. The molecule has 1 aliphatic rings.